The summed E-state index contributed by atoms with van der Waals surface area (Å²) in [5.41, 5.74) is 0. The Labute approximate surface area is 95.5 Å². The summed E-state index contributed by atoms with van der Waals surface area (Å²) in [5.74, 6) is -0.710. The van der Waals surface area contributed by atoms with Crippen molar-refractivity contribution in [2.24, 2.45) is 11.1 Å². The molecular weight excluding hydrogens is 232 g/mol. The van der Waals surface area contributed by atoms with E-state index in [0.29, 0.717) is 18.9 Å². The Hall–Kier alpha value is -0.660. The molecule has 0 aliphatic carbocycles. The third kappa shape index (κ3) is 4.07. The van der Waals surface area contributed by atoms with Gasteiger partial charge in [0, 0.05) is 6.54 Å². The van der Waals surface area contributed by atoms with E-state index in [-0.39, 0.29) is 12.3 Å². The minimum Gasteiger partial charge on any atom is -0.480 e. The largest absolute Gasteiger partial charge is 0.480 e. The van der Waals surface area contributed by atoms with E-state index in [4.69, 9.17) is 10.2 Å². The molecule has 0 saturated carbocycles. The summed E-state index contributed by atoms with van der Waals surface area (Å²) in [6.07, 6.45) is 1.47. The summed E-state index contributed by atoms with van der Waals surface area (Å²) in [6, 6.07) is -0.578. The van der Waals surface area contributed by atoms with Gasteiger partial charge in [0.1, 0.15) is 6.04 Å². The van der Waals surface area contributed by atoms with E-state index >= 15 is 0 Å². The summed E-state index contributed by atoms with van der Waals surface area (Å²) in [4.78, 5) is 12.7. The Morgan fingerprint density at radius 2 is 2.19 bits per heavy atom. The Kier molecular flexibility index (Phi) is 4.28. The maximum atomic E-state index is 11.0. The molecule has 0 aromatic rings. The van der Waals surface area contributed by atoms with Gasteiger partial charge < -0.3 is 5.11 Å². The molecule has 0 amide bonds. The van der Waals surface area contributed by atoms with E-state index in [1.165, 1.54) is 0 Å². The fourth-order valence-electron chi connectivity index (χ4n) is 1.96. The van der Waals surface area contributed by atoms with Crippen molar-refractivity contribution in [1.29, 1.82) is 0 Å². The number of carboxylic acid groups (broad SMARTS) is 1. The molecule has 0 spiro atoms. The van der Waals surface area contributed by atoms with Crippen molar-refractivity contribution in [2.45, 2.75) is 25.8 Å². The van der Waals surface area contributed by atoms with Crippen molar-refractivity contribution in [3.8, 4) is 0 Å². The van der Waals surface area contributed by atoms with Crippen LogP contribution in [0.4, 0.5) is 0 Å². The lowest BCUT2D eigenvalue weighted by Gasteiger charge is -2.35. The number of likely N-dealkylation sites (tertiary alicyclic amines) is 1. The molecule has 0 aromatic heterocycles. The van der Waals surface area contributed by atoms with Crippen molar-refractivity contribution >= 4 is 16.0 Å². The Bertz CT molecular complexity index is 355. The first-order valence-electron chi connectivity index (χ1n) is 5.27. The highest BCUT2D eigenvalue weighted by molar-refractivity contribution is 7.89. The first-order valence-corrected chi connectivity index (χ1v) is 6.98. The molecule has 1 heterocycles. The van der Waals surface area contributed by atoms with Crippen LogP contribution in [0.5, 0.6) is 0 Å². The summed E-state index contributed by atoms with van der Waals surface area (Å²) < 4.78 is 21.6. The van der Waals surface area contributed by atoms with Crippen molar-refractivity contribution < 1.29 is 18.3 Å². The standard InChI is InChI=1S/C9H18N2O4S/c1-7-2-3-11(4-5-16(10,14)15)8(6-7)9(12)13/h7-8H,2-6H2,1H3,(H,12,13)(H2,10,14,15). The first kappa shape index (κ1) is 13.4. The van der Waals surface area contributed by atoms with Crippen LogP contribution < -0.4 is 5.14 Å². The third-order valence-electron chi connectivity index (χ3n) is 2.92. The fraction of sp³-hybridized carbons (Fsp3) is 0.889. The number of primary sulfonamides is 1. The van der Waals surface area contributed by atoms with Gasteiger partial charge in [0.2, 0.25) is 10.0 Å². The van der Waals surface area contributed by atoms with Crippen LogP contribution >= 0.6 is 0 Å². The van der Waals surface area contributed by atoms with E-state index < -0.39 is 22.0 Å². The van der Waals surface area contributed by atoms with E-state index in [1.54, 1.807) is 4.90 Å². The van der Waals surface area contributed by atoms with Gasteiger partial charge in [0.15, 0.2) is 0 Å². The van der Waals surface area contributed by atoms with Crippen LogP contribution in [0, 0.1) is 5.92 Å². The number of nitrogens with zero attached hydrogens (tertiary/aromatic N) is 1. The smallest absolute Gasteiger partial charge is 0.320 e. The lowest BCUT2D eigenvalue weighted by Crippen LogP contribution is -2.48. The minimum absolute atomic E-state index is 0.189. The molecule has 3 N–H and O–H groups in total. The number of sulfonamides is 1. The van der Waals surface area contributed by atoms with Gasteiger partial charge in [-0.2, -0.15) is 0 Å². The van der Waals surface area contributed by atoms with Crippen LogP contribution in [0.3, 0.4) is 0 Å². The second-order valence-corrected chi connectivity index (χ2v) is 6.12. The molecule has 1 saturated heterocycles. The van der Waals surface area contributed by atoms with Gasteiger partial charge in [-0.15, -0.1) is 0 Å². The molecular formula is C9H18N2O4S. The summed E-state index contributed by atoms with van der Waals surface area (Å²) in [7, 11) is -3.52. The van der Waals surface area contributed by atoms with Gasteiger partial charge in [-0.05, 0) is 25.3 Å². The predicted molar refractivity (Wildman–Crippen MR) is 59.4 cm³/mol. The molecule has 1 rings (SSSR count). The molecule has 1 aliphatic rings. The second-order valence-electron chi connectivity index (χ2n) is 4.39. The topological polar surface area (TPSA) is 101 Å². The summed E-state index contributed by atoms with van der Waals surface area (Å²) >= 11 is 0. The summed E-state index contributed by atoms with van der Waals surface area (Å²) in [5, 5.41) is 13.9. The molecule has 0 aromatic carbocycles. The highest BCUT2D eigenvalue weighted by Crippen LogP contribution is 2.22. The normalized spacial score (nSPS) is 27.9. The number of aliphatic carboxylic acids is 1. The van der Waals surface area contributed by atoms with Crippen LogP contribution in [-0.4, -0.2) is 49.3 Å². The van der Waals surface area contributed by atoms with E-state index in [2.05, 4.69) is 0 Å². The highest BCUT2D eigenvalue weighted by Gasteiger charge is 2.31. The number of hydrogen-bond acceptors (Lipinski definition) is 4. The quantitative estimate of drug-likeness (QED) is 0.698. The third-order valence-corrected chi connectivity index (χ3v) is 3.68. The number of nitrogens with two attached hydrogens (primary N) is 1. The molecule has 16 heavy (non-hydrogen) atoms. The van der Waals surface area contributed by atoms with Crippen molar-refractivity contribution in [3.05, 3.63) is 0 Å². The number of carbonyl (C=O) groups is 1. The fourth-order valence-corrected chi connectivity index (χ4v) is 2.45. The first-order chi connectivity index (χ1) is 7.29. The van der Waals surface area contributed by atoms with E-state index in [0.717, 1.165) is 6.42 Å². The van der Waals surface area contributed by atoms with E-state index in [1.807, 2.05) is 6.92 Å². The maximum Gasteiger partial charge on any atom is 0.320 e. The van der Waals surface area contributed by atoms with Crippen molar-refractivity contribution in [3.63, 3.8) is 0 Å². The van der Waals surface area contributed by atoms with Gasteiger partial charge in [-0.3, -0.25) is 9.69 Å². The van der Waals surface area contributed by atoms with Crippen LogP contribution in [0.15, 0.2) is 0 Å². The van der Waals surface area contributed by atoms with Crippen molar-refractivity contribution in [2.75, 3.05) is 18.8 Å². The van der Waals surface area contributed by atoms with Gasteiger partial charge in [-0.25, -0.2) is 13.6 Å². The molecule has 1 fully saturated rings. The second kappa shape index (κ2) is 5.11. The molecule has 2 unspecified atom stereocenters. The van der Waals surface area contributed by atoms with Gasteiger partial charge in [0.05, 0.1) is 5.75 Å². The zero-order chi connectivity index (χ0) is 12.3. The monoisotopic (exact) mass is 250 g/mol. The van der Waals surface area contributed by atoms with E-state index in [9.17, 15) is 13.2 Å². The summed E-state index contributed by atoms with van der Waals surface area (Å²) in [6.45, 7) is 2.82. The average molecular weight is 250 g/mol. The lowest BCUT2D eigenvalue weighted by atomic mass is 9.92. The zero-order valence-electron chi connectivity index (χ0n) is 9.30. The van der Waals surface area contributed by atoms with Crippen LogP contribution in [0.1, 0.15) is 19.8 Å². The molecule has 7 heteroatoms. The Morgan fingerprint density at radius 3 is 2.69 bits per heavy atom. The maximum absolute atomic E-state index is 11.0. The Balaban J connectivity index is 2.59. The highest BCUT2D eigenvalue weighted by atomic mass is 32.2. The minimum atomic E-state index is -3.52. The van der Waals surface area contributed by atoms with Crippen LogP contribution in [0.25, 0.3) is 0 Å². The molecule has 94 valence electrons. The van der Waals surface area contributed by atoms with Crippen molar-refractivity contribution in [1.82, 2.24) is 4.90 Å². The molecule has 6 nitrogen and oxygen atoms in total. The predicted octanol–water partition coefficient (Wildman–Crippen LogP) is -0.540. The number of piperidine rings is 1. The van der Waals surface area contributed by atoms with Gasteiger partial charge in [-0.1, -0.05) is 6.92 Å². The molecule has 2 atom stereocenters. The van der Waals surface area contributed by atoms with Gasteiger partial charge >= 0.3 is 5.97 Å². The van der Waals surface area contributed by atoms with Gasteiger partial charge in [0.25, 0.3) is 0 Å². The number of hydrogen-bond donors (Lipinski definition) is 2. The average Bonchev–Trinajstić information content (AvgIpc) is 2.14. The van der Waals surface area contributed by atoms with Crippen LogP contribution in [0.2, 0.25) is 0 Å². The molecule has 0 bridgehead atoms. The molecule has 0 radical (unpaired) electrons. The lowest BCUT2D eigenvalue weighted by molar-refractivity contribution is -0.145. The SMILES string of the molecule is CC1CCN(CCS(N)(=O)=O)C(C(=O)O)C1. The number of carboxylic acids is 1. The molecule has 1 aliphatic heterocycles. The zero-order valence-corrected chi connectivity index (χ0v) is 10.1. The Morgan fingerprint density at radius 1 is 1.56 bits per heavy atom. The van der Waals surface area contributed by atoms with Crippen LogP contribution in [-0.2, 0) is 14.8 Å². The number of rotatable bonds is 4.